The molecular weight excluding hydrogens is 144 g/mol. The van der Waals surface area contributed by atoms with Gasteiger partial charge >= 0.3 is 0 Å². The van der Waals surface area contributed by atoms with Gasteiger partial charge in [-0.25, -0.2) is 0 Å². The van der Waals surface area contributed by atoms with Crippen molar-refractivity contribution in [1.82, 2.24) is 0 Å². The molecule has 0 aromatic heterocycles. The molecule has 0 N–H and O–H groups in total. The van der Waals surface area contributed by atoms with Crippen molar-refractivity contribution >= 4 is 11.6 Å². The molecule has 0 aromatic carbocycles. The zero-order chi connectivity index (χ0) is 7.98. The Morgan fingerprint density at radius 2 is 2.00 bits per heavy atom. The van der Waals surface area contributed by atoms with Gasteiger partial charge in [-0.2, -0.15) is 0 Å². The molecule has 0 unspecified atom stereocenters. The van der Waals surface area contributed by atoms with Gasteiger partial charge in [0.15, 0.2) is 0 Å². The lowest BCUT2D eigenvalue weighted by atomic mass is 10.1. The Labute approximate surface area is 68.6 Å². The quantitative estimate of drug-likeness (QED) is 0.502. The number of allylic oxidation sites excluding steroid dienone is 4. The molecule has 1 aliphatic rings. The van der Waals surface area contributed by atoms with E-state index in [1.165, 1.54) is 5.57 Å². The highest BCUT2D eigenvalue weighted by Gasteiger charge is 1.96. The van der Waals surface area contributed by atoms with E-state index in [9.17, 15) is 0 Å². The third-order valence-electron chi connectivity index (χ3n) is 1.23. The molecule has 58 valence electrons. The molecule has 10 heavy (non-hydrogen) atoms. The molecule has 0 amide bonds. The van der Waals surface area contributed by atoms with Crippen molar-refractivity contribution in [3.8, 4) is 0 Å². The first-order valence-electron chi connectivity index (χ1n) is 3.82. The Bertz CT molecular complexity index is 143. The largest absolute Gasteiger partial charge is 0.0891 e. The predicted molar refractivity (Wildman–Crippen MR) is 48.3 cm³/mol. The SMILES string of the molecule is CC.CC1=CCCC(Cl)=C1. The lowest BCUT2D eigenvalue weighted by molar-refractivity contribution is 0.998. The highest BCUT2D eigenvalue weighted by Crippen LogP contribution is 2.18. The molecule has 1 aliphatic carbocycles. The van der Waals surface area contributed by atoms with E-state index < -0.39 is 0 Å². The van der Waals surface area contributed by atoms with Crippen LogP contribution in [0.5, 0.6) is 0 Å². The third-order valence-corrected chi connectivity index (χ3v) is 1.53. The second-order valence-corrected chi connectivity index (χ2v) is 2.56. The number of hydrogen-bond donors (Lipinski definition) is 0. The molecule has 0 aromatic rings. The lowest BCUT2D eigenvalue weighted by Gasteiger charge is -2.02. The van der Waals surface area contributed by atoms with Crippen molar-refractivity contribution in [2.45, 2.75) is 33.6 Å². The lowest BCUT2D eigenvalue weighted by Crippen LogP contribution is -1.82. The fraction of sp³-hybridized carbons (Fsp3) is 0.556. The first-order chi connectivity index (χ1) is 4.79. The molecule has 0 bridgehead atoms. The molecule has 0 atom stereocenters. The van der Waals surface area contributed by atoms with Crippen LogP contribution in [0, 0.1) is 0 Å². The zero-order valence-electron chi connectivity index (χ0n) is 6.95. The van der Waals surface area contributed by atoms with Crippen LogP contribution in [0.1, 0.15) is 33.6 Å². The van der Waals surface area contributed by atoms with Crippen LogP contribution in [0.15, 0.2) is 22.8 Å². The van der Waals surface area contributed by atoms with Crippen molar-refractivity contribution in [1.29, 1.82) is 0 Å². The molecule has 0 saturated heterocycles. The molecule has 0 saturated carbocycles. The normalized spacial score (nSPS) is 16.4. The minimum absolute atomic E-state index is 0.991. The van der Waals surface area contributed by atoms with Crippen LogP contribution in [-0.2, 0) is 0 Å². The number of rotatable bonds is 0. The summed E-state index contributed by atoms with van der Waals surface area (Å²) in [7, 11) is 0. The van der Waals surface area contributed by atoms with Gasteiger partial charge in [-0.1, -0.05) is 37.1 Å². The van der Waals surface area contributed by atoms with E-state index >= 15 is 0 Å². The van der Waals surface area contributed by atoms with Gasteiger partial charge in [0.05, 0.1) is 0 Å². The standard InChI is InChI=1S/C7H9Cl.C2H6/c1-6-3-2-4-7(8)5-6;1-2/h3,5H,2,4H2,1H3;1-2H3. The minimum Gasteiger partial charge on any atom is -0.0891 e. The van der Waals surface area contributed by atoms with E-state index in [-0.39, 0.29) is 0 Å². The van der Waals surface area contributed by atoms with Gasteiger partial charge in [-0.05, 0) is 25.8 Å². The molecule has 1 heteroatoms. The smallest absolute Gasteiger partial charge is 0.0186 e. The third kappa shape index (κ3) is 3.73. The summed E-state index contributed by atoms with van der Waals surface area (Å²) in [6, 6.07) is 0. The van der Waals surface area contributed by atoms with Crippen LogP contribution in [0.25, 0.3) is 0 Å². The Morgan fingerprint density at radius 1 is 1.40 bits per heavy atom. The first kappa shape index (κ1) is 9.77. The summed E-state index contributed by atoms with van der Waals surface area (Å²) in [5.74, 6) is 0. The fourth-order valence-corrected chi connectivity index (χ4v) is 1.10. The Morgan fingerprint density at radius 3 is 2.30 bits per heavy atom. The molecule has 0 fully saturated rings. The second-order valence-electron chi connectivity index (χ2n) is 2.08. The monoisotopic (exact) mass is 158 g/mol. The Balaban J connectivity index is 0.000000371. The topological polar surface area (TPSA) is 0 Å². The molecule has 1 rings (SSSR count). The summed E-state index contributed by atoms with van der Waals surface area (Å²) in [4.78, 5) is 0. The molecule has 0 heterocycles. The number of halogens is 1. The van der Waals surface area contributed by atoms with Crippen molar-refractivity contribution in [2.75, 3.05) is 0 Å². The minimum atomic E-state index is 0.991. The predicted octanol–water partition coefficient (Wildman–Crippen LogP) is 3.88. The van der Waals surface area contributed by atoms with E-state index in [1.807, 2.05) is 19.9 Å². The fourth-order valence-electron chi connectivity index (χ4n) is 0.816. The van der Waals surface area contributed by atoms with Crippen molar-refractivity contribution in [3.05, 3.63) is 22.8 Å². The van der Waals surface area contributed by atoms with Crippen LogP contribution >= 0.6 is 11.6 Å². The van der Waals surface area contributed by atoms with Crippen LogP contribution in [-0.4, -0.2) is 0 Å². The Hall–Kier alpha value is -0.230. The Kier molecular flexibility index (Phi) is 5.42. The summed E-state index contributed by atoms with van der Waals surface area (Å²) in [5.41, 5.74) is 1.29. The van der Waals surface area contributed by atoms with Crippen molar-refractivity contribution in [2.24, 2.45) is 0 Å². The maximum Gasteiger partial charge on any atom is 0.0186 e. The first-order valence-corrected chi connectivity index (χ1v) is 4.19. The van der Waals surface area contributed by atoms with Gasteiger partial charge < -0.3 is 0 Å². The molecule has 0 nitrogen and oxygen atoms in total. The van der Waals surface area contributed by atoms with Crippen LogP contribution < -0.4 is 0 Å². The summed E-state index contributed by atoms with van der Waals surface area (Å²) in [6.07, 6.45) is 6.36. The maximum absolute atomic E-state index is 5.73. The summed E-state index contributed by atoms with van der Waals surface area (Å²) >= 11 is 5.73. The van der Waals surface area contributed by atoms with Crippen molar-refractivity contribution < 1.29 is 0 Å². The van der Waals surface area contributed by atoms with E-state index in [4.69, 9.17) is 11.6 Å². The van der Waals surface area contributed by atoms with Gasteiger partial charge in [0.2, 0.25) is 0 Å². The van der Waals surface area contributed by atoms with Crippen LogP contribution in [0.3, 0.4) is 0 Å². The van der Waals surface area contributed by atoms with E-state index in [1.54, 1.807) is 0 Å². The maximum atomic E-state index is 5.73. The summed E-state index contributed by atoms with van der Waals surface area (Å²) in [6.45, 7) is 6.07. The van der Waals surface area contributed by atoms with E-state index in [0.717, 1.165) is 17.9 Å². The van der Waals surface area contributed by atoms with E-state index in [0.29, 0.717) is 0 Å². The van der Waals surface area contributed by atoms with Crippen LogP contribution in [0.2, 0.25) is 0 Å². The van der Waals surface area contributed by atoms with Gasteiger partial charge in [0, 0.05) is 5.03 Å². The second kappa shape index (κ2) is 5.55. The van der Waals surface area contributed by atoms with Gasteiger partial charge in [-0.3, -0.25) is 0 Å². The van der Waals surface area contributed by atoms with Crippen LogP contribution in [0.4, 0.5) is 0 Å². The zero-order valence-corrected chi connectivity index (χ0v) is 7.70. The molecular formula is C9H15Cl. The molecule has 0 radical (unpaired) electrons. The average molecular weight is 159 g/mol. The molecule has 0 spiro atoms. The highest BCUT2D eigenvalue weighted by molar-refractivity contribution is 6.29. The average Bonchev–Trinajstić information content (AvgIpc) is 1.91. The van der Waals surface area contributed by atoms with Crippen molar-refractivity contribution in [3.63, 3.8) is 0 Å². The van der Waals surface area contributed by atoms with E-state index in [2.05, 4.69) is 13.0 Å². The summed E-state index contributed by atoms with van der Waals surface area (Å²) in [5, 5.41) is 0.991. The van der Waals surface area contributed by atoms with Gasteiger partial charge in [0.1, 0.15) is 0 Å². The number of hydrogen-bond acceptors (Lipinski definition) is 0. The molecule has 0 aliphatic heterocycles. The van der Waals surface area contributed by atoms with Gasteiger partial charge in [0.25, 0.3) is 0 Å². The highest BCUT2D eigenvalue weighted by atomic mass is 35.5. The summed E-state index contributed by atoms with van der Waals surface area (Å²) < 4.78 is 0. The van der Waals surface area contributed by atoms with Gasteiger partial charge in [-0.15, -0.1) is 0 Å².